The SMILES string of the molecule is O=S(=O)([C@H](c1ccccc1)[C@@H](O)c1ccccc1)C(F)(F)F. The molecular weight excluding hydrogens is 317 g/mol. The van der Waals surface area contributed by atoms with Crippen molar-refractivity contribution in [3.63, 3.8) is 0 Å². The minimum Gasteiger partial charge on any atom is -0.387 e. The van der Waals surface area contributed by atoms with Crippen LogP contribution in [0.1, 0.15) is 22.5 Å². The van der Waals surface area contributed by atoms with Gasteiger partial charge in [-0.3, -0.25) is 0 Å². The van der Waals surface area contributed by atoms with E-state index in [0.717, 1.165) is 0 Å². The van der Waals surface area contributed by atoms with Crippen LogP contribution in [0.2, 0.25) is 0 Å². The summed E-state index contributed by atoms with van der Waals surface area (Å²) in [4.78, 5) is 0. The molecule has 1 N–H and O–H groups in total. The summed E-state index contributed by atoms with van der Waals surface area (Å²) in [5.41, 5.74) is -5.47. The third-order valence-electron chi connectivity index (χ3n) is 3.21. The third kappa shape index (κ3) is 3.15. The molecule has 0 unspecified atom stereocenters. The van der Waals surface area contributed by atoms with Gasteiger partial charge in [0.25, 0.3) is 9.84 Å². The Hall–Kier alpha value is -1.86. The number of hydrogen-bond acceptors (Lipinski definition) is 3. The molecule has 2 atom stereocenters. The summed E-state index contributed by atoms with van der Waals surface area (Å²) in [5.74, 6) is 0. The van der Waals surface area contributed by atoms with Crippen LogP contribution in [0.4, 0.5) is 13.2 Å². The van der Waals surface area contributed by atoms with Crippen LogP contribution < -0.4 is 0 Å². The van der Waals surface area contributed by atoms with E-state index >= 15 is 0 Å². The van der Waals surface area contributed by atoms with Crippen LogP contribution in [0.15, 0.2) is 60.7 Å². The molecule has 0 radical (unpaired) electrons. The fourth-order valence-electron chi connectivity index (χ4n) is 2.14. The highest BCUT2D eigenvalue weighted by Gasteiger charge is 2.53. The first-order chi connectivity index (χ1) is 10.2. The van der Waals surface area contributed by atoms with Crippen LogP contribution >= 0.6 is 0 Å². The molecule has 0 aliphatic rings. The van der Waals surface area contributed by atoms with Crippen molar-refractivity contribution in [2.75, 3.05) is 0 Å². The Morgan fingerprint density at radius 1 is 0.818 bits per heavy atom. The molecule has 3 nitrogen and oxygen atoms in total. The molecule has 118 valence electrons. The Labute approximate surface area is 125 Å². The normalized spacial score (nSPS) is 15.3. The van der Waals surface area contributed by atoms with Crippen LogP contribution in [0.3, 0.4) is 0 Å². The van der Waals surface area contributed by atoms with Gasteiger partial charge in [-0.25, -0.2) is 8.42 Å². The van der Waals surface area contributed by atoms with E-state index in [-0.39, 0.29) is 11.1 Å². The lowest BCUT2D eigenvalue weighted by Gasteiger charge is -2.24. The van der Waals surface area contributed by atoms with Crippen LogP contribution in [-0.4, -0.2) is 19.0 Å². The van der Waals surface area contributed by atoms with Gasteiger partial charge in [0.05, 0.1) is 0 Å². The molecule has 0 aromatic heterocycles. The number of halogens is 3. The van der Waals surface area contributed by atoms with Crippen molar-refractivity contribution >= 4 is 9.84 Å². The van der Waals surface area contributed by atoms with Gasteiger partial charge < -0.3 is 5.11 Å². The Balaban J connectivity index is 2.58. The lowest BCUT2D eigenvalue weighted by atomic mass is 10.0. The smallest absolute Gasteiger partial charge is 0.387 e. The molecular formula is C15H13F3O3S. The lowest BCUT2D eigenvalue weighted by molar-refractivity contribution is -0.0460. The van der Waals surface area contributed by atoms with Gasteiger partial charge in [-0.15, -0.1) is 0 Å². The predicted octanol–water partition coefficient (Wildman–Crippen LogP) is 3.40. The Bertz CT molecular complexity index is 713. The maximum absolute atomic E-state index is 12.9. The van der Waals surface area contributed by atoms with Gasteiger partial charge in [-0.05, 0) is 11.1 Å². The third-order valence-corrected chi connectivity index (χ3v) is 5.06. The van der Waals surface area contributed by atoms with Crippen LogP contribution in [0, 0.1) is 0 Å². The van der Waals surface area contributed by atoms with Gasteiger partial charge in [0.2, 0.25) is 0 Å². The van der Waals surface area contributed by atoms with E-state index in [1.807, 2.05) is 0 Å². The summed E-state index contributed by atoms with van der Waals surface area (Å²) in [6, 6.07) is 14.3. The monoisotopic (exact) mass is 330 g/mol. The lowest BCUT2D eigenvalue weighted by Crippen LogP contribution is -2.32. The summed E-state index contributed by atoms with van der Waals surface area (Å²) in [7, 11) is -5.59. The predicted molar refractivity (Wildman–Crippen MR) is 75.6 cm³/mol. The van der Waals surface area contributed by atoms with Gasteiger partial charge >= 0.3 is 5.51 Å². The topological polar surface area (TPSA) is 54.4 Å². The molecule has 22 heavy (non-hydrogen) atoms. The second-order valence-corrected chi connectivity index (χ2v) is 6.74. The van der Waals surface area contributed by atoms with Gasteiger partial charge in [0.15, 0.2) is 0 Å². The van der Waals surface area contributed by atoms with Gasteiger partial charge in [-0.2, -0.15) is 13.2 Å². The molecule has 0 spiro atoms. The molecule has 0 aliphatic heterocycles. The van der Waals surface area contributed by atoms with E-state index in [9.17, 15) is 26.7 Å². The second-order valence-electron chi connectivity index (χ2n) is 4.68. The fourth-order valence-corrected chi connectivity index (χ4v) is 3.44. The Kier molecular flexibility index (Phi) is 4.58. The van der Waals surface area contributed by atoms with E-state index < -0.39 is 26.7 Å². The second kappa shape index (κ2) is 6.10. The average molecular weight is 330 g/mol. The molecule has 0 fully saturated rings. The molecule has 0 aliphatic carbocycles. The molecule has 0 heterocycles. The summed E-state index contributed by atoms with van der Waals surface area (Å²) in [6.07, 6.45) is -1.82. The first-order valence-corrected chi connectivity index (χ1v) is 7.88. The average Bonchev–Trinajstić information content (AvgIpc) is 2.48. The van der Waals surface area contributed by atoms with Crippen molar-refractivity contribution in [3.8, 4) is 0 Å². The number of aliphatic hydroxyl groups excluding tert-OH is 1. The molecule has 2 aromatic carbocycles. The largest absolute Gasteiger partial charge is 0.498 e. The maximum atomic E-state index is 12.9. The Morgan fingerprint density at radius 3 is 1.64 bits per heavy atom. The molecule has 0 amide bonds. The number of hydrogen-bond donors (Lipinski definition) is 1. The number of aliphatic hydroxyl groups is 1. The first kappa shape index (κ1) is 16.5. The van der Waals surface area contributed by atoms with E-state index in [2.05, 4.69) is 0 Å². The number of alkyl halides is 3. The van der Waals surface area contributed by atoms with E-state index in [4.69, 9.17) is 0 Å². The summed E-state index contributed by atoms with van der Waals surface area (Å²) in [6.45, 7) is 0. The molecule has 2 rings (SSSR count). The van der Waals surface area contributed by atoms with Crippen LogP contribution in [0.25, 0.3) is 0 Å². The van der Waals surface area contributed by atoms with Gasteiger partial charge in [-0.1, -0.05) is 60.7 Å². The zero-order valence-electron chi connectivity index (χ0n) is 11.2. The zero-order valence-corrected chi connectivity index (χ0v) is 12.1. The van der Waals surface area contributed by atoms with E-state index in [1.165, 1.54) is 48.5 Å². The zero-order chi connectivity index (χ0) is 16.4. The summed E-state index contributed by atoms with van der Waals surface area (Å²) in [5, 5.41) is 8.14. The summed E-state index contributed by atoms with van der Waals surface area (Å²) < 4.78 is 62.6. The molecule has 0 bridgehead atoms. The van der Waals surface area contributed by atoms with Crippen molar-refractivity contribution < 1.29 is 26.7 Å². The number of rotatable bonds is 4. The Morgan fingerprint density at radius 2 is 1.23 bits per heavy atom. The molecule has 0 saturated carbocycles. The quantitative estimate of drug-likeness (QED) is 0.935. The standard InChI is InChI=1S/C15H13F3O3S/c16-15(17,18)22(20,21)14(12-9-5-2-6-10-12)13(19)11-7-3-1-4-8-11/h1-10,13-14,19H/t13-,14+/m0/s1. The maximum Gasteiger partial charge on any atom is 0.498 e. The van der Waals surface area contributed by atoms with Crippen molar-refractivity contribution in [2.45, 2.75) is 16.9 Å². The minimum absolute atomic E-state index is 0.101. The van der Waals surface area contributed by atoms with E-state index in [0.29, 0.717) is 0 Å². The van der Waals surface area contributed by atoms with Gasteiger partial charge in [0.1, 0.15) is 11.4 Å². The first-order valence-electron chi connectivity index (χ1n) is 6.33. The van der Waals surface area contributed by atoms with Crippen LogP contribution in [0.5, 0.6) is 0 Å². The fraction of sp³-hybridized carbons (Fsp3) is 0.200. The van der Waals surface area contributed by atoms with Crippen LogP contribution in [-0.2, 0) is 9.84 Å². The number of sulfone groups is 1. The van der Waals surface area contributed by atoms with Crippen molar-refractivity contribution in [1.29, 1.82) is 0 Å². The molecule has 2 aromatic rings. The number of benzene rings is 2. The minimum atomic E-state index is -5.59. The highest BCUT2D eigenvalue weighted by Crippen LogP contribution is 2.42. The highest BCUT2D eigenvalue weighted by atomic mass is 32.2. The van der Waals surface area contributed by atoms with E-state index in [1.54, 1.807) is 12.1 Å². The van der Waals surface area contributed by atoms with Crippen molar-refractivity contribution in [2.24, 2.45) is 0 Å². The summed E-state index contributed by atoms with van der Waals surface area (Å²) >= 11 is 0. The van der Waals surface area contributed by atoms with Crippen molar-refractivity contribution in [1.82, 2.24) is 0 Å². The highest BCUT2D eigenvalue weighted by molar-refractivity contribution is 7.92. The van der Waals surface area contributed by atoms with Crippen molar-refractivity contribution in [3.05, 3.63) is 71.8 Å². The molecule has 7 heteroatoms. The van der Waals surface area contributed by atoms with Gasteiger partial charge in [0, 0.05) is 0 Å². The molecule has 0 saturated heterocycles.